The van der Waals surface area contributed by atoms with Crippen molar-refractivity contribution in [1.29, 1.82) is 0 Å². The Bertz CT molecular complexity index is 514. The molecule has 2 heterocycles. The minimum Gasteiger partial charge on any atom is -0.353 e. The van der Waals surface area contributed by atoms with Crippen LogP contribution in [0, 0.1) is 0 Å². The lowest BCUT2D eigenvalue weighted by atomic mass is 10.2. The van der Waals surface area contributed by atoms with Crippen molar-refractivity contribution in [1.82, 2.24) is 25.1 Å². The van der Waals surface area contributed by atoms with Crippen molar-refractivity contribution in [3.8, 4) is 0 Å². The Morgan fingerprint density at radius 3 is 3.11 bits per heavy atom. The van der Waals surface area contributed by atoms with E-state index in [1.165, 1.54) is 24.2 Å². The third-order valence-electron chi connectivity index (χ3n) is 3.21. The maximum Gasteiger partial charge on any atom is 0.234 e. The van der Waals surface area contributed by atoms with E-state index in [0.717, 1.165) is 22.8 Å². The van der Waals surface area contributed by atoms with Crippen LogP contribution in [0.5, 0.6) is 0 Å². The van der Waals surface area contributed by atoms with Gasteiger partial charge in [-0.15, -0.1) is 10.2 Å². The number of hydrogen-bond donors (Lipinski definition) is 1. The molecule has 1 amide bonds. The molecule has 1 saturated carbocycles. The molecule has 2 aromatic heterocycles. The lowest BCUT2D eigenvalue weighted by molar-refractivity contribution is -0.121. The number of amides is 1. The van der Waals surface area contributed by atoms with Crippen LogP contribution in [0.4, 0.5) is 0 Å². The lowest BCUT2D eigenvalue weighted by Crippen LogP contribution is -2.32. The van der Waals surface area contributed by atoms with Crippen LogP contribution in [0.15, 0.2) is 6.33 Å². The van der Waals surface area contributed by atoms with Crippen LogP contribution in [-0.4, -0.2) is 31.8 Å². The van der Waals surface area contributed by atoms with Crippen molar-refractivity contribution in [2.24, 2.45) is 0 Å². The molecule has 0 atom stereocenters. The molecule has 0 unspecified atom stereocenters. The molecule has 6 nitrogen and oxygen atoms in total. The van der Waals surface area contributed by atoms with Crippen LogP contribution >= 0.6 is 11.3 Å². The van der Waals surface area contributed by atoms with Crippen LogP contribution < -0.4 is 5.32 Å². The number of carbonyl (C=O) groups excluding carboxylic acids is 1. The van der Waals surface area contributed by atoms with Gasteiger partial charge >= 0.3 is 0 Å². The average Bonchev–Trinajstić information content (AvgIpc) is 3.01. The van der Waals surface area contributed by atoms with Crippen LogP contribution in [0.1, 0.15) is 37.1 Å². The van der Waals surface area contributed by atoms with Crippen LogP contribution in [0.2, 0.25) is 0 Å². The zero-order valence-corrected chi connectivity index (χ0v) is 10.8. The number of nitrogens with zero attached hydrogens (tertiary/aromatic N) is 4. The maximum absolute atomic E-state index is 11.8. The molecule has 1 fully saturated rings. The third kappa shape index (κ3) is 2.50. The van der Waals surface area contributed by atoms with Crippen LogP contribution in [0.25, 0.3) is 4.96 Å². The Balaban J connectivity index is 1.51. The number of nitrogens with one attached hydrogen (secondary N) is 1. The van der Waals surface area contributed by atoms with Gasteiger partial charge in [0.1, 0.15) is 11.3 Å². The fourth-order valence-electron chi connectivity index (χ4n) is 2.29. The number of fused-ring (bicyclic) bond motifs is 1. The summed E-state index contributed by atoms with van der Waals surface area (Å²) >= 11 is 1.49. The average molecular weight is 265 g/mol. The Morgan fingerprint density at radius 1 is 1.50 bits per heavy atom. The summed E-state index contributed by atoms with van der Waals surface area (Å²) in [5.41, 5.74) is 0. The molecule has 18 heavy (non-hydrogen) atoms. The molecule has 96 valence electrons. The Kier molecular flexibility index (Phi) is 3.22. The second-order valence-corrected chi connectivity index (χ2v) is 5.64. The molecular formula is C11H15N5OS. The summed E-state index contributed by atoms with van der Waals surface area (Å²) in [6.45, 7) is 0. The largest absolute Gasteiger partial charge is 0.353 e. The van der Waals surface area contributed by atoms with Crippen molar-refractivity contribution < 1.29 is 4.79 Å². The molecule has 1 N–H and O–H groups in total. The second-order valence-electron chi connectivity index (χ2n) is 4.60. The first-order valence-electron chi connectivity index (χ1n) is 6.26. The van der Waals surface area contributed by atoms with Gasteiger partial charge in [0.25, 0.3) is 0 Å². The predicted octanol–water partition coefficient (Wildman–Crippen LogP) is 1.18. The maximum atomic E-state index is 11.8. The molecule has 1 aliphatic rings. The van der Waals surface area contributed by atoms with Gasteiger partial charge in [0.05, 0.1) is 0 Å². The highest BCUT2D eigenvalue weighted by Gasteiger charge is 2.17. The van der Waals surface area contributed by atoms with E-state index in [1.807, 2.05) is 0 Å². The summed E-state index contributed by atoms with van der Waals surface area (Å²) in [6, 6.07) is 0.398. The normalized spacial score (nSPS) is 16.4. The molecule has 0 saturated heterocycles. The van der Waals surface area contributed by atoms with Gasteiger partial charge in [-0.2, -0.15) is 9.61 Å². The fraction of sp³-hybridized carbons (Fsp3) is 0.636. The monoisotopic (exact) mass is 265 g/mol. The summed E-state index contributed by atoms with van der Waals surface area (Å²) in [6.07, 6.45) is 7.48. The van der Waals surface area contributed by atoms with E-state index in [4.69, 9.17) is 0 Å². The zero-order chi connectivity index (χ0) is 12.4. The molecular weight excluding hydrogens is 250 g/mol. The Hall–Kier alpha value is -1.50. The standard InChI is InChI=1S/C11H15N5OS/c17-9(13-8-3-1-2-4-8)5-6-10-15-16-7-12-14-11(16)18-10/h7-8H,1-6H2,(H,13,17). The van der Waals surface area contributed by atoms with Crippen LogP contribution in [0.3, 0.4) is 0 Å². The topological polar surface area (TPSA) is 72.2 Å². The predicted molar refractivity (Wildman–Crippen MR) is 67.4 cm³/mol. The molecule has 0 radical (unpaired) electrons. The van der Waals surface area contributed by atoms with Crippen molar-refractivity contribution in [3.63, 3.8) is 0 Å². The third-order valence-corrected chi connectivity index (χ3v) is 4.19. The number of aromatic nitrogens is 4. The van der Waals surface area contributed by atoms with Crippen molar-refractivity contribution in [3.05, 3.63) is 11.3 Å². The van der Waals surface area contributed by atoms with E-state index in [0.29, 0.717) is 18.9 Å². The van der Waals surface area contributed by atoms with Gasteiger partial charge in [-0.25, -0.2) is 0 Å². The molecule has 1 aliphatic carbocycles. The lowest BCUT2D eigenvalue weighted by Gasteiger charge is -2.10. The molecule has 0 aromatic carbocycles. The van der Waals surface area contributed by atoms with E-state index in [1.54, 1.807) is 10.8 Å². The molecule has 0 aliphatic heterocycles. The van der Waals surface area contributed by atoms with Gasteiger partial charge in [0, 0.05) is 18.9 Å². The summed E-state index contributed by atoms with van der Waals surface area (Å²) < 4.78 is 1.65. The minimum atomic E-state index is 0.132. The molecule has 7 heteroatoms. The van der Waals surface area contributed by atoms with Gasteiger partial charge < -0.3 is 5.32 Å². The molecule has 2 aromatic rings. The number of carbonyl (C=O) groups is 1. The first kappa shape index (κ1) is 11.6. The first-order valence-corrected chi connectivity index (χ1v) is 7.08. The van der Waals surface area contributed by atoms with E-state index < -0.39 is 0 Å². The van der Waals surface area contributed by atoms with Crippen molar-refractivity contribution >= 4 is 22.2 Å². The first-order chi connectivity index (χ1) is 8.81. The second kappa shape index (κ2) is 5.01. The highest BCUT2D eigenvalue weighted by molar-refractivity contribution is 7.16. The number of hydrogen-bond acceptors (Lipinski definition) is 5. The SMILES string of the molecule is O=C(CCc1nn2cnnc2s1)NC1CCCC1. The highest BCUT2D eigenvalue weighted by atomic mass is 32.1. The van der Waals surface area contributed by atoms with Gasteiger partial charge in [-0.05, 0) is 12.8 Å². The number of aryl methyl sites for hydroxylation is 1. The van der Waals surface area contributed by atoms with E-state index in [2.05, 4.69) is 20.6 Å². The zero-order valence-electron chi connectivity index (χ0n) is 10.0. The van der Waals surface area contributed by atoms with Crippen molar-refractivity contribution in [2.45, 2.75) is 44.6 Å². The van der Waals surface area contributed by atoms with Crippen LogP contribution in [-0.2, 0) is 11.2 Å². The number of rotatable bonds is 4. The van der Waals surface area contributed by atoms with Gasteiger partial charge in [-0.3, -0.25) is 4.79 Å². The quantitative estimate of drug-likeness (QED) is 0.901. The van der Waals surface area contributed by atoms with E-state index >= 15 is 0 Å². The highest BCUT2D eigenvalue weighted by Crippen LogP contribution is 2.18. The Labute approximate surface area is 108 Å². The Morgan fingerprint density at radius 2 is 2.33 bits per heavy atom. The van der Waals surface area contributed by atoms with E-state index in [-0.39, 0.29) is 5.91 Å². The smallest absolute Gasteiger partial charge is 0.234 e. The van der Waals surface area contributed by atoms with Gasteiger partial charge in [0.2, 0.25) is 10.9 Å². The molecule has 0 bridgehead atoms. The summed E-state index contributed by atoms with van der Waals surface area (Å²) in [5.74, 6) is 0.132. The summed E-state index contributed by atoms with van der Waals surface area (Å²) in [7, 11) is 0. The van der Waals surface area contributed by atoms with Crippen molar-refractivity contribution in [2.75, 3.05) is 0 Å². The van der Waals surface area contributed by atoms with Gasteiger partial charge in [-0.1, -0.05) is 24.2 Å². The molecule has 0 spiro atoms. The van der Waals surface area contributed by atoms with E-state index in [9.17, 15) is 4.79 Å². The van der Waals surface area contributed by atoms with Gasteiger partial charge in [0.15, 0.2) is 0 Å². The minimum absolute atomic E-state index is 0.132. The summed E-state index contributed by atoms with van der Waals surface area (Å²) in [5, 5.41) is 16.0. The summed E-state index contributed by atoms with van der Waals surface area (Å²) in [4.78, 5) is 12.5. The fourth-order valence-corrected chi connectivity index (χ4v) is 3.11. The molecule has 3 rings (SSSR count).